The molecule has 4 atom stereocenters. The van der Waals surface area contributed by atoms with Crippen LogP contribution < -0.4 is 10.9 Å². The van der Waals surface area contributed by atoms with Gasteiger partial charge < -0.3 is 14.6 Å². The summed E-state index contributed by atoms with van der Waals surface area (Å²) in [5.41, 5.74) is 0.803. The van der Waals surface area contributed by atoms with Crippen LogP contribution in [0.25, 0.3) is 11.2 Å². The highest BCUT2D eigenvalue weighted by molar-refractivity contribution is 5.91. The molecule has 0 spiro atoms. The second kappa shape index (κ2) is 13.2. The van der Waals surface area contributed by atoms with Crippen molar-refractivity contribution in [2.24, 2.45) is 5.92 Å². The van der Waals surface area contributed by atoms with Crippen molar-refractivity contribution in [1.82, 2.24) is 19.5 Å². The minimum atomic E-state index is -1.84. The summed E-state index contributed by atoms with van der Waals surface area (Å²) < 4.78 is 14.7. The molecule has 5 aromatic rings. The molecule has 0 unspecified atom stereocenters. The summed E-state index contributed by atoms with van der Waals surface area (Å²) >= 11 is 0. The number of benzene rings is 3. The minimum absolute atomic E-state index is 0.0248. The summed E-state index contributed by atoms with van der Waals surface area (Å²) in [5, 5.41) is 14.5. The molecular formula is C35H37N5O7. The van der Waals surface area contributed by atoms with E-state index in [4.69, 9.17) is 19.2 Å². The number of imidazole rings is 1. The van der Waals surface area contributed by atoms with Crippen molar-refractivity contribution in [3.05, 3.63) is 124 Å². The molecule has 47 heavy (non-hydrogen) atoms. The molecule has 2 aromatic heterocycles. The first kappa shape index (κ1) is 32.2. The number of fused-ring (bicyclic) bond motifs is 1. The fourth-order valence-corrected chi connectivity index (χ4v) is 6.54. The Kier molecular flexibility index (Phi) is 9.04. The van der Waals surface area contributed by atoms with E-state index in [2.05, 4.69) is 20.3 Å². The molecule has 0 radical (unpaired) electrons. The number of aliphatic hydroxyl groups excluding tert-OH is 1. The Labute approximate surface area is 271 Å². The SMILES string of the molecule is COO[C@](OC)([C@H]1O[C@@H](n2cnc3c(=O)[nH]c(NC(=O)C(C)C)nc32)C[C@@H]1O)C(c1ccccc1)(c1ccccc1)c1ccccc1. The van der Waals surface area contributed by atoms with Gasteiger partial charge in [-0.05, 0) is 16.7 Å². The highest BCUT2D eigenvalue weighted by Crippen LogP contribution is 2.54. The van der Waals surface area contributed by atoms with Crippen molar-refractivity contribution >= 4 is 23.0 Å². The maximum absolute atomic E-state index is 12.9. The Morgan fingerprint density at radius 2 is 1.53 bits per heavy atom. The maximum atomic E-state index is 12.9. The number of aromatic nitrogens is 4. The van der Waals surface area contributed by atoms with Gasteiger partial charge in [0.05, 0.1) is 19.5 Å². The zero-order valence-electron chi connectivity index (χ0n) is 26.5. The number of hydrogen-bond acceptors (Lipinski definition) is 9. The molecule has 3 heterocycles. The van der Waals surface area contributed by atoms with E-state index in [0.29, 0.717) is 0 Å². The number of aromatic amines is 1. The molecule has 1 aliphatic rings. The third-order valence-corrected chi connectivity index (χ3v) is 8.63. The number of rotatable bonds is 11. The number of nitrogens with zero attached hydrogens (tertiary/aromatic N) is 3. The monoisotopic (exact) mass is 639 g/mol. The van der Waals surface area contributed by atoms with E-state index >= 15 is 0 Å². The smallest absolute Gasteiger partial charge is 0.280 e. The Balaban J connectivity index is 1.53. The normalized spacial score (nSPS) is 19.6. The average Bonchev–Trinajstić information content (AvgIpc) is 3.70. The Morgan fingerprint density at radius 1 is 0.979 bits per heavy atom. The lowest BCUT2D eigenvalue weighted by Crippen LogP contribution is -2.65. The standard InChI is InChI=1S/C35H37N5O7/c1-22(2)31(42)38-33-37-30-28(32(43)39-33)36-21-40(30)27-20-26(41)29(46-27)35(44-3,47-45-4)34(23-14-8-5-9-15-23,24-16-10-6-11-17-24)25-18-12-7-13-19-25/h5-19,21-22,26-27,29,41H,20H2,1-4H3,(H2,37,38,39,42,43)/t26-,27+,29-,35+/m0/s1. The quantitative estimate of drug-likeness (QED) is 0.0831. The van der Waals surface area contributed by atoms with Crippen LogP contribution in [0, 0.1) is 5.92 Å². The van der Waals surface area contributed by atoms with Crippen LogP contribution in [-0.4, -0.2) is 62.7 Å². The van der Waals surface area contributed by atoms with Crippen LogP contribution in [0.1, 0.15) is 43.2 Å². The number of aliphatic hydroxyl groups is 1. The van der Waals surface area contributed by atoms with Crippen LogP contribution >= 0.6 is 0 Å². The zero-order chi connectivity index (χ0) is 33.2. The number of amides is 1. The van der Waals surface area contributed by atoms with E-state index in [9.17, 15) is 14.7 Å². The second-order valence-corrected chi connectivity index (χ2v) is 11.7. The van der Waals surface area contributed by atoms with Gasteiger partial charge in [-0.2, -0.15) is 9.87 Å². The number of hydrogen-bond donors (Lipinski definition) is 3. The third kappa shape index (κ3) is 5.43. The molecule has 1 fully saturated rings. The van der Waals surface area contributed by atoms with Crippen LogP contribution in [0.4, 0.5) is 5.95 Å². The number of anilines is 1. The number of carbonyl (C=O) groups excluding carboxylic acids is 1. The van der Waals surface area contributed by atoms with Gasteiger partial charge in [0.15, 0.2) is 11.2 Å². The summed E-state index contributed by atoms with van der Waals surface area (Å²) in [7, 11) is 2.87. The molecule has 244 valence electrons. The molecule has 0 bridgehead atoms. The molecule has 3 N–H and O–H groups in total. The molecule has 1 amide bonds. The van der Waals surface area contributed by atoms with E-state index in [1.54, 1.807) is 18.4 Å². The summed E-state index contributed by atoms with van der Waals surface area (Å²) in [5.74, 6) is -2.51. The molecule has 0 saturated carbocycles. The van der Waals surface area contributed by atoms with Crippen molar-refractivity contribution in [2.75, 3.05) is 19.5 Å². The molecule has 1 aliphatic heterocycles. The average molecular weight is 640 g/mol. The van der Waals surface area contributed by atoms with Gasteiger partial charge in [0.2, 0.25) is 17.6 Å². The van der Waals surface area contributed by atoms with Gasteiger partial charge in [0.25, 0.3) is 5.56 Å². The molecule has 12 nitrogen and oxygen atoms in total. The highest BCUT2D eigenvalue weighted by Gasteiger charge is 2.66. The van der Waals surface area contributed by atoms with Gasteiger partial charge >= 0.3 is 0 Å². The molecular weight excluding hydrogens is 602 g/mol. The van der Waals surface area contributed by atoms with E-state index in [-0.39, 0.29) is 35.4 Å². The largest absolute Gasteiger partial charge is 0.390 e. The van der Waals surface area contributed by atoms with Crippen molar-refractivity contribution in [3.63, 3.8) is 0 Å². The van der Waals surface area contributed by atoms with Crippen molar-refractivity contribution < 1.29 is 29.1 Å². The second-order valence-electron chi connectivity index (χ2n) is 11.7. The van der Waals surface area contributed by atoms with E-state index in [1.807, 2.05) is 91.0 Å². The molecule has 12 heteroatoms. The summed E-state index contributed by atoms with van der Waals surface area (Å²) in [6, 6.07) is 29.1. The molecule has 1 saturated heterocycles. The summed E-state index contributed by atoms with van der Waals surface area (Å²) in [4.78, 5) is 48.4. The van der Waals surface area contributed by atoms with Crippen molar-refractivity contribution in [1.29, 1.82) is 0 Å². The van der Waals surface area contributed by atoms with Gasteiger partial charge in [0.1, 0.15) is 17.7 Å². The number of H-pyrrole nitrogens is 1. The zero-order valence-corrected chi connectivity index (χ0v) is 26.5. The lowest BCUT2D eigenvalue weighted by atomic mass is 9.61. The van der Waals surface area contributed by atoms with Crippen LogP contribution in [0.15, 0.2) is 102 Å². The fourth-order valence-electron chi connectivity index (χ4n) is 6.54. The van der Waals surface area contributed by atoms with E-state index in [0.717, 1.165) is 16.7 Å². The topological polar surface area (TPSA) is 150 Å². The van der Waals surface area contributed by atoms with Gasteiger partial charge in [0, 0.05) is 19.4 Å². The van der Waals surface area contributed by atoms with E-state index < -0.39 is 35.2 Å². The maximum Gasteiger partial charge on any atom is 0.280 e. The highest BCUT2D eigenvalue weighted by atomic mass is 17.2. The van der Waals surface area contributed by atoms with Crippen LogP contribution in [0.2, 0.25) is 0 Å². The predicted octanol–water partition coefficient (Wildman–Crippen LogP) is 4.32. The molecule has 0 aliphatic carbocycles. The first-order chi connectivity index (χ1) is 22.8. The number of nitrogens with one attached hydrogen (secondary N) is 2. The Morgan fingerprint density at radius 3 is 2.02 bits per heavy atom. The van der Waals surface area contributed by atoms with Crippen LogP contribution in [0.5, 0.6) is 0 Å². The first-order valence-electron chi connectivity index (χ1n) is 15.3. The minimum Gasteiger partial charge on any atom is -0.390 e. The van der Waals surface area contributed by atoms with Gasteiger partial charge in [-0.3, -0.25) is 24.5 Å². The number of ether oxygens (including phenoxy) is 2. The third-order valence-electron chi connectivity index (χ3n) is 8.63. The lowest BCUT2D eigenvalue weighted by molar-refractivity contribution is -0.452. The molecule has 6 rings (SSSR count). The lowest BCUT2D eigenvalue weighted by Gasteiger charge is -2.51. The number of methoxy groups -OCH3 is 1. The first-order valence-corrected chi connectivity index (χ1v) is 15.3. The van der Waals surface area contributed by atoms with Crippen molar-refractivity contribution in [2.45, 2.75) is 49.9 Å². The Bertz CT molecular complexity index is 1780. The number of carbonyl (C=O) groups is 1. The van der Waals surface area contributed by atoms with Gasteiger partial charge in [-0.1, -0.05) is 105 Å². The van der Waals surface area contributed by atoms with Crippen molar-refractivity contribution in [3.8, 4) is 0 Å². The molecule has 3 aromatic carbocycles. The summed E-state index contributed by atoms with van der Waals surface area (Å²) in [6.45, 7) is 3.46. The van der Waals surface area contributed by atoms with E-state index in [1.165, 1.54) is 20.5 Å². The fraction of sp³-hybridized carbons (Fsp3) is 0.314. The summed E-state index contributed by atoms with van der Waals surface area (Å²) in [6.07, 6.45) is -1.71. The predicted molar refractivity (Wildman–Crippen MR) is 173 cm³/mol. The van der Waals surface area contributed by atoms with Gasteiger partial charge in [-0.25, -0.2) is 9.87 Å². The van der Waals surface area contributed by atoms with Crippen LogP contribution in [-0.2, 0) is 29.5 Å². The van der Waals surface area contributed by atoms with Crippen LogP contribution in [0.3, 0.4) is 0 Å². The van der Waals surface area contributed by atoms with Gasteiger partial charge in [-0.15, -0.1) is 0 Å². The Hall–Kier alpha value is -4.72.